The van der Waals surface area contributed by atoms with Gasteiger partial charge in [-0.15, -0.1) is 13.2 Å². The first-order valence-electron chi connectivity index (χ1n) is 5.60. The molecule has 0 spiro atoms. The molecule has 0 saturated carbocycles. The lowest BCUT2D eigenvalue weighted by molar-refractivity contribution is -0.274. The zero-order chi connectivity index (χ0) is 16.9. The molecule has 0 fully saturated rings. The van der Waals surface area contributed by atoms with Crippen LogP contribution < -0.4 is 4.74 Å². The van der Waals surface area contributed by atoms with E-state index < -0.39 is 35.5 Å². The Bertz CT molecular complexity index is 744. The maximum Gasteiger partial charge on any atom is 0.573 e. The van der Waals surface area contributed by atoms with Gasteiger partial charge in [-0.1, -0.05) is 0 Å². The molecule has 10 heteroatoms. The fraction of sp³-hybridized carbons (Fsp3) is 0.250. The number of nitrogens with zero attached hydrogens (tertiary/aromatic N) is 1. The van der Waals surface area contributed by atoms with Crippen LogP contribution in [0.2, 0.25) is 0 Å². The van der Waals surface area contributed by atoms with Gasteiger partial charge in [0, 0.05) is 18.5 Å². The Morgan fingerprint density at radius 2 is 1.77 bits per heavy atom. The summed E-state index contributed by atoms with van der Waals surface area (Å²) >= 11 is 0. The van der Waals surface area contributed by atoms with E-state index in [9.17, 15) is 31.1 Å². The highest BCUT2D eigenvalue weighted by Gasteiger charge is 2.41. The molecule has 0 radical (unpaired) electrons. The van der Waals surface area contributed by atoms with Crippen molar-refractivity contribution in [2.24, 2.45) is 7.05 Å². The van der Waals surface area contributed by atoms with E-state index in [1.807, 2.05) is 0 Å². The number of aromatic nitrogens is 1. The van der Waals surface area contributed by atoms with Crippen LogP contribution in [0.3, 0.4) is 0 Å². The van der Waals surface area contributed by atoms with E-state index in [0.717, 1.165) is 19.2 Å². The molecule has 0 bridgehead atoms. The first-order chi connectivity index (χ1) is 9.92. The highest BCUT2D eigenvalue weighted by atomic mass is 19.4. The second-order valence-electron chi connectivity index (χ2n) is 4.31. The van der Waals surface area contributed by atoms with Crippen molar-refractivity contribution in [3.63, 3.8) is 0 Å². The van der Waals surface area contributed by atoms with Crippen molar-refractivity contribution in [1.29, 1.82) is 0 Å². The fourth-order valence-electron chi connectivity index (χ4n) is 2.16. The number of hydrogen-bond donors (Lipinski definition) is 1. The molecule has 1 aromatic heterocycles. The lowest BCUT2D eigenvalue weighted by Crippen LogP contribution is -2.17. The first-order valence-corrected chi connectivity index (χ1v) is 5.60. The molecule has 1 aromatic carbocycles. The maximum atomic E-state index is 13.0. The Kier molecular flexibility index (Phi) is 3.50. The first kappa shape index (κ1) is 16.0. The van der Waals surface area contributed by atoms with E-state index in [0.29, 0.717) is 10.6 Å². The highest BCUT2D eigenvalue weighted by Crippen LogP contribution is 2.39. The molecule has 0 saturated heterocycles. The Hall–Kier alpha value is -2.39. The smallest absolute Gasteiger partial charge is 0.478 e. The summed E-state index contributed by atoms with van der Waals surface area (Å²) in [5.74, 6) is -2.58. The highest BCUT2D eigenvalue weighted by molar-refractivity contribution is 6.05. The van der Waals surface area contributed by atoms with Gasteiger partial charge in [0.25, 0.3) is 0 Å². The number of halogens is 6. The molecular formula is C12H7F6NO3. The summed E-state index contributed by atoms with van der Waals surface area (Å²) in [6, 6.07) is 2.29. The van der Waals surface area contributed by atoms with Crippen molar-refractivity contribution in [2.45, 2.75) is 12.5 Å². The standard InChI is InChI=1S/C12H7F6NO3/c1-19-7-4-5(22-12(16,17)18)2-3-6(7)8(10(20)21)9(19)11(13,14)15/h2-4H,1H3,(H,20,21). The number of rotatable bonds is 2. The topological polar surface area (TPSA) is 51.5 Å². The summed E-state index contributed by atoms with van der Waals surface area (Å²) in [5, 5.41) is 8.64. The third kappa shape index (κ3) is 2.81. The second kappa shape index (κ2) is 4.82. The van der Waals surface area contributed by atoms with Gasteiger partial charge >= 0.3 is 18.5 Å². The van der Waals surface area contributed by atoms with Crippen molar-refractivity contribution in [1.82, 2.24) is 4.57 Å². The Morgan fingerprint density at radius 1 is 1.18 bits per heavy atom. The Balaban J connectivity index is 2.75. The average molecular weight is 327 g/mol. The van der Waals surface area contributed by atoms with Crippen molar-refractivity contribution >= 4 is 16.9 Å². The van der Waals surface area contributed by atoms with E-state index in [4.69, 9.17) is 5.11 Å². The minimum absolute atomic E-state index is 0.336. The summed E-state index contributed by atoms with van der Waals surface area (Å²) in [6.45, 7) is 0. The van der Waals surface area contributed by atoms with Crippen LogP contribution in [-0.2, 0) is 13.2 Å². The molecule has 1 heterocycles. The number of aromatic carboxylic acids is 1. The lowest BCUT2D eigenvalue weighted by atomic mass is 10.1. The summed E-state index contributed by atoms with van der Waals surface area (Å²) in [5.41, 5.74) is -2.82. The third-order valence-corrected chi connectivity index (χ3v) is 2.89. The van der Waals surface area contributed by atoms with Crippen molar-refractivity contribution in [2.75, 3.05) is 0 Å². The summed E-state index contributed by atoms with van der Waals surface area (Å²) < 4.78 is 79.5. The molecule has 0 amide bonds. The van der Waals surface area contributed by atoms with Gasteiger partial charge in [0.15, 0.2) is 0 Å². The molecule has 2 aromatic rings. The molecule has 4 nitrogen and oxygen atoms in total. The number of aryl methyl sites for hydroxylation is 1. The van der Waals surface area contributed by atoms with E-state index in [1.54, 1.807) is 0 Å². The minimum atomic E-state index is -5.01. The third-order valence-electron chi connectivity index (χ3n) is 2.89. The largest absolute Gasteiger partial charge is 0.573 e. The van der Waals surface area contributed by atoms with Crippen LogP contribution in [0.4, 0.5) is 26.3 Å². The normalized spacial score (nSPS) is 12.7. The van der Waals surface area contributed by atoms with Crippen LogP contribution in [0.15, 0.2) is 18.2 Å². The molecule has 0 atom stereocenters. The van der Waals surface area contributed by atoms with Crippen molar-refractivity contribution in [3.05, 3.63) is 29.5 Å². The number of ether oxygens (including phenoxy) is 1. The molecule has 0 aliphatic heterocycles. The van der Waals surface area contributed by atoms with Gasteiger partial charge in [-0.25, -0.2) is 4.79 Å². The van der Waals surface area contributed by atoms with Crippen molar-refractivity contribution in [3.8, 4) is 5.75 Å². The summed E-state index contributed by atoms with van der Waals surface area (Å²) in [4.78, 5) is 11.1. The van der Waals surface area contributed by atoms with Crippen LogP contribution in [0, 0.1) is 0 Å². The van der Waals surface area contributed by atoms with Gasteiger partial charge in [-0.05, 0) is 12.1 Å². The molecule has 0 aliphatic carbocycles. The Morgan fingerprint density at radius 3 is 2.23 bits per heavy atom. The monoisotopic (exact) mass is 327 g/mol. The van der Waals surface area contributed by atoms with E-state index in [-0.39, 0.29) is 10.9 Å². The van der Waals surface area contributed by atoms with Gasteiger partial charge in [0.2, 0.25) is 0 Å². The van der Waals surface area contributed by atoms with Gasteiger partial charge in [0.05, 0.1) is 11.1 Å². The molecule has 0 aliphatic rings. The van der Waals surface area contributed by atoms with Crippen LogP contribution in [-0.4, -0.2) is 22.0 Å². The maximum absolute atomic E-state index is 13.0. The van der Waals surface area contributed by atoms with Crippen LogP contribution >= 0.6 is 0 Å². The molecule has 0 unspecified atom stereocenters. The lowest BCUT2D eigenvalue weighted by Gasteiger charge is -2.10. The number of fused-ring (bicyclic) bond motifs is 1. The number of carboxylic acid groups (broad SMARTS) is 1. The van der Waals surface area contributed by atoms with Crippen molar-refractivity contribution < 1.29 is 41.0 Å². The quantitative estimate of drug-likeness (QED) is 0.854. The zero-order valence-electron chi connectivity index (χ0n) is 10.7. The number of carboxylic acids is 1. The van der Waals surface area contributed by atoms with Crippen LogP contribution in [0.25, 0.3) is 10.9 Å². The van der Waals surface area contributed by atoms with Gasteiger partial charge in [-0.3, -0.25) is 0 Å². The fourth-order valence-corrected chi connectivity index (χ4v) is 2.16. The predicted molar refractivity (Wildman–Crippen MR) is 61.6 cm³/mol. The van der Waals surface area contributed by atoms with Crippen LogP contribution in [0.1, 0.15) is 16.1 Å². The minimum Gasteiger partial charge on any atom is -0.478 e. The molecule has 22 heavy (non-hydrogen) atoms. The predicted octanol–water partition coefficient (Wildman–Crippen LogP) is 3.79. The summed E-state index contributed by atoms with van der Waals surface area (Å²) in [6.07, 6.45) is -9.99. The van der Waals surface area contributed by atoms with Gasteiger partial charge in [0.1, 0.15) is 11.4 Å². The van der Waals surface area contributed by atoms with Crippen LogP contribution in [0.5, 0.6) is 5.75 Å². The van der Waals surface area contributed by atoms with Gasteiger partial charge in [-0.2, -0.15) is 13.2 Å². The number of carbonyl (C=O) groups is 1. The molecule has 120 valence electrons. The van der Waals surface area contributed by atoms with E-state index in [2.05, 4.69) is 4.74 Å². The Labute approximate surface area is 118 Å². The van der Waals surface area contributed by atoms with E-state index >= 15 is 0 Å². The molecule has 2 rings (SSSR count). The van der Waals surface area contributed by atoms with Gasteiger partial charge < -0.3 is 14.4 Å². The van der Waals surface area contributed by atoms with E-state index in [1.165, 1.54) is 0 Å². The number of alkyl halides is 6. The summed E-state index contributed by atoms with van der Waals surface area (Å²) in [7, 11) is 0.912. The SMILES string of the molecule is Cn1c(C(F)(F)F)c(C(=O)O)c2ccc(OC(F)(F)F)cc21. The second-order valence-corrected chi connectivity index (χ2v) is 4.31. The average Bonchev–Trinajstić information content (AvgIpc) is 2.60. The number of benzene rings is 1. The zero-order valence-corrected chi connectivity index (χ0v) is 10.7. The molecule has 1 N–H and O–H groups in total. The molecular weight excluding hydrogens is 320 g/mol. The number of hydrogen-bond acceptors (Lipinski definition) is 2.